The molecule has 0 bridgehead atoms. The average Bonchev–Trinajstić information content (AvgIpc) is 2.71. The third-order valence-corrected chi connectivity index (χ3v) is 3.69. The van der Waals surface area contributed by atoms with E-state index in [2.05, 4.69) is 16.0 Å². The van der Waals surface area contributed by atoms with Crippen LogP contribution in [0.1, 0.15) is 18.5 Å². The number of hydrogen-bond donors (Lipinski definition) is 0. The SMILES string of the molecule is Cc1cccc(N2CCN3C(=O)CCC3C2)n1. The molecule has 0 spiro atoms. The molecule has 2 aliphatic rings. The summed E-state index contributed by atoms with van der Waals surface area (Å²) in [7, 11) is 0. The highest BCUT2D eigenvalue weighted by Crippen LogP contribution is 2.25. The molecule has 0 N–H and O–H groups in total. The van der Waals surface area contributed by atoms with E-state index >= 15 is 0 Å². The Bertz CT molecular complexity index is 446. The summed E-state index contributed by atoms with van der Waals surface area (Å²) in [5.41, 5.74) is 1.05. The van der Waals surface area contributed by atoms with Crippen LogP contribution in [0.5, 0.6) is 0 Å². The van der Waals surface area contributed by atoms with Crippen molar-refractivity contribution in [1.29, 1.82) is 0 Å². The Morgan fingerprint density at radius 2 is 2.24 bits per heavy atom. The molecule has 1 aromatic rings. The molecule has 2 aliphatic heterocycles. The van der Waals surface area contributed by atoms with Crippen molar-refractivity contribution < 1.29 is 4.79 Å². The van der Waals surface area contributed by atoms with Gasteiger partial charge in [0.05, 0.1) is 0 Å². The predicted molar refractivity (Wildman–Crippen MR) is 65.9 cm³/mol. The molecule has 90 valence electrons. The van der Waals surface area contributed by atoms with Crippen LogP contribution in [0.25, 0.3) is 0 Å². The number of carbonyl (C=O) groups excluding carboxylic acids is 1. The lowest BCUT2D eigenvalue weighted by Gasteiger charge is -2.38. The van der Waals surface area contributed by atoms with Gasteiger partial charge in [0, 0.05) is 37.8 Å². The molecule has 1 unspecified atom stereocenters. The molecule has 0 saturated carbocycles. The summed E-state index contributed by atoms with van der Waals surface area (Å²) < 4.78 is 0. The predicted octanol–water partition coefficient (Wildman–Crippen LogP) is 1.20. The van der Waals surface area contributed by atoms with E-state index in [4.69, 9.17) is 0 Å². The van der Waals surface area contributed by atoms with Gasteiger partial charge in [-0.15, -0.1) is 0 Å². The van der Waals surface area contributed by atoms with Gasteiger partial charge in [0.15, 0.2) is 0 Å². The van der Waals surface area contributed by atoms with Crippen LogP contribution >= 0.6 is 0 Å². The van der Waals surface area contributed by atoms with E-state index in [1.807, 2.05) is 24.0 Å². The third-order valence-electron chi connectivity index (χ3n) is 3.69. The van der Waals surface area contributed by atoms with Crippen molar-refractivity contribution in [2.45, 2.75) is 25.8 Å². The lowest BCUT2D eigenvalue weighted by molar-refractivity contribution is -0.129. The van der Waals surface area contributed by atoms with E-state index in [0.29, 0.717) is 11.9 Å². The average molecular weight is 231 g/mol. The van der Waals surface area contributed by atoms with Gasteiger partial charge in [0.25, 0.3) is 0 Å². The van der Waals surface area contributed by atoms with Gasteiger partial charge >= 0.3 is 0 Å². The zero-order chi connectivity index (χ0) is 11.8. The van der Waals surface area contributed by atoms with Crippen molar-refractivity contribution in [3.05, 3.63) is 23.9 Å². The standard InChI is InChI=1S/C13H17N3O/c1-10-3-2-4-12(14-10)15-7-8-16-11(9-15)5-6-13(16)17/h2-4,11H,5-9H2,1H3. The first-order valence-corrected chi connectivity index (χ1v) is 6.22. The minimum atomic E-state index is 0.326. The summed E-state index contributed by atoms with van der Waals surface area (Å²) in [5.74, 6) is 1.37. The summed E-state index contributed by atoms with van der Waals surface area (Å²) in [5, 5.41) is 0. The number of fused-ring (bicyclic) bond motifs is 1. The van der Waals surface area contributed by atoms with Crippen LogP contribution in [0, 0.1) is 6.92 Å². The molecular formula is C13H17N3O. The highest BCUT2D eigenvalue weighted by atomic mass is 16.2. The van der Waals surface area contributed by atoms with Crippen LogP contribution in [0.15, 0.2) is 18.2 Å². The second kappa shape index (κ2) is 4.02. The molecule has 3 heterocycles. The van der Waals surface area contributed by atoms with Gasteiger partial charge in [-0.25, -0.2) is 4.98 Å². The van der Waals surface area contributed by atoms with Crippen molar-refractivity contribution >= 4 is 11.7 Å². The second-order valence-electron chi connectivity index (χ2n) is 4.86. The van der Waals surface area contributed by atoms with E-state index in [1.165, 1.54) is 0 Å². The van der Waals surface area contributed by atoms with E-state index in [-0.39, 0.29) is 0 Å². The summed E-state index contributed by atoms with van der Waals surface area (Å²) in [6.07, 6.45) is 1.72. The first-order valence-electron chi connectivity index (χ1n) is 6.22. The molecule has 0 aliphatic carbocycles. The maximum Gasteiger partial charge on any atom is 0.223 e. The highest BCUT2D eigenvalue weighted by Gasteiger charge is 2.35. The summed E-state index contributed by atoms with van der Waals surface area (Å²) in [6.45, 7) is 4.69. The first-order chi connectivity index (χ1) is 8.24. The number of rotatable bonds is 1. The smallest absolute Gasteiger partial charge is 0.223 e. The molecule has 1 amide bonds. The van der Waals surface area contributed by atoms with Gasteiger partial charge in [-0.1, -0.05) is 6.07 Å². The van der Waals surface area contributed by atoms with Gasteiger partial charge in [-0.3, -0.25) is 4.79 Å². The van der Waals surface area contributed by atoms with Crippen LogP contribution in [0.2, 0.25) is 0 Å². The number of nitrogens with zero attached hydrogens (tertiary/aromatic N) is 3. The van der Waals surface area contributed by atoms with Crippen molar-refractivity contribution in [1.82, 2.24) is 9.88 Å². The Morgan fingerprint density at radius 1 is 1.35 bits per heavy atom. The maximum absolute atomic E-state index is 11.6. The molecule has 1 atom stereocenters. The Labute approximate surface area is 101 Å². The summed E-state index contributed by atoms with van der Waals surface area (Å²) in [6, 6.07) is 6.51. The molecule has 0 radical (unpaired) electrons. The van der Waals surface area contributed by atoms with Crippen molar-refractivity contribution in [3.63, 3.8) is 0 Å². The molecule has 1 aromatic heterocycles. The fraction of sp³-hybridized carbons (Fsp3) is 0.538. The van der Waals surface area contributed by atoms with Crippen LogP contribution in [0.4, 0.5) is 5.82 Å². The number of aryl methyl sites for hydroxylation is 1. The molecule has 2 fully saturated rings. The van der Waals surface area contributed by atoms with Crippen molar-refractivity contribution in [3.8, 4) is 0 Å². The largest absolute Gasteiger partial charge is 0.353 e. The number of hydrogen-bond acceptors (Lipinski definition) is 3. The van der Waals surface area contributed by atoms with Gasteiger partial charge in [0.1, 0.15) is 5.82 Å². The van der Waals surface area contributed by atoms with Crippen LogP contribution in [-0.4, -0.2) is 41.5 Å². The van der Waals surface area contributed by atoms with Crippen LogP contribution in [-0.2, 0) is 4.79 Å². The van der Waals surface area contributed by atoms with Crippen LogP contribution in [0.3, 0.4) is 0 Å². The molecule has 4 heteroatoms. The zero-order valence-corrected chi connectivity index (χ0v) is 10.1. The number of piperazine rings is 1. The lowest BCUT2D eigenvalue weighted by Crippen LogP contribution is -2.51. The van der Waals surface area contributed by atoms with Crippen molar-refractivity contribution in [2.24, 2.45) is 0 Å². The van der Waals surface area contributed by atoms with Gasteiger partial charge in [-0.2, -0.15) is 0 Å². The highest BCUT2D eigenvalue weighted by molar-refractivity contribution is 5.79. The molecule has 0 aromatic carbocycles. The normalized spacial score (nSPS) is 24.1. The summed E-state index contributed by atoms with van der Waals surface area (Å²) >= 11 is 0. The number of amides is 1. The molecular weight excluding hydrogens is 214 g/mol. The second-order valence-corrected chi connectivity index (χ2v) is 4.86. The fourth-order valence-corrected chi connectivity index (χ4v) is 2.78. The Hall–Kier alpha value is -1.58. The van der Waals surface area contributed by atoms with Crippen molar-refractivity contribution in [2.75, 3.05) is 24.5 Å². The minimum Gasteiger partial charge on any atom is -0.353 e. The number of carbonyl (C=O) groups is 1. The van der Waals surface area contributed by atoms with Crippen LogP contribution < -0.4 is 4.90 Å². The maximum atomic E-state index is 11.6. The van der Waals surface area contributed by atoms with E-state index in [0.717, 1.165) is 44.0 Å². The summed E-state index contributed by atoms with van der Waals surface area (Å²) in [4.78, 5) is 20.5. The Balaban J connectivity index is 1.77. The molecule has 2 saturated heterocycles. The number of anilines is 1. The monoisotopic (exact) mass is 231 g/mol. The van der Waals surface area contributed by atoms with Gasteiger partial charge < -0.3 is 9.80 Å². The van der Waals surface area contributed by atoms with E-state index < -0.39 is 0 Å². The topological polar surface area (TPSA) is 36.4 Å². The van der Waals surface area contributed by atoms with E-state index in [9.17, 15) is 4.79 Å². The van der Waals surface area contributed by atoms with Gasteiger partial charge in [0.2, 0.25) is 5.91 Å². The van der Waals surface area contributed by atoms with Gasteiger partial charge in [-0.05, 0) is 25.5 Å². The molecule has 4 nitrogen and oxygen atoms in total. The third kappa shape index (κ3) is 1.88. The van der Waals surface area contributed by atoms with E-state index in [1.54, 1.807) is 0 Å². The number of pyridine rings is 1. The Morgan fingerprint density at radius 3 is 3.06 bits per heavy atom. The fourth-order valence-electron chi connectivity index (χ4n) is 2.78. The quantitative estimate of drug-likeness (QED) is 0.728. The first kappa shape index (κ1) is 10.6. The Kier molecular flexibility index (Phi) is 2.50. The lowest BCUT2D eigenvalue weighted by atomic mass is 10.1. The minimum absolute atomic E-state index is 0.326. The zero-order valence-electron chi connectivity index (χ0n) is 10.1. The molecule has 17 heavy (non-hydrogen) atoms. The number of aromatic nitrogens is 1. The molecule has 3 rings (SSSR count).